The lowest BCUT2D eigenvalue weighted by atomic mass is 9.86. The van der Waals surface area contributed by atoms with E-state index in [4.69, 9.17) is 0 Å². The molecule has 0 aliphatic carbocycles. The molecule has 1 aliphatic rings. The molecule has 2 aromatic carbocycles. The predicted octanol–water partition coefficient (Wildman–Crippen LogP) is 3.95. The molecular weight excluding hydrogens is 403 g/mol. The van der Waals surface area contributed by atoms with Crippen molar-refractivity contribution >= 4 is 23.5 Å². The molecule has 148 valence electrons. The number of anilines is 1. The van der Waals surface area contributed by atoms with Gasteiger partial charge in [0.05, 0.1) is 5.56 Å². The van der Waals surface area contributed by atoms with E-state index in [1.165, 1.54) is 23.9 Å². The van der Waals surface area contributed by atoms with Gasteiger partial charge in [-0.05, 0) is 41.5 Å². The largest absolute Gasteiger partial charge is 0.310 e. The fourth-order valence-corrected chi connectivity index (χ4v) is 4.02. The number of amides is 1. The third kappa shape index (κ3) is 4.04. The highest BCUT2D eigenvalue weighted by Gasteiger charge is 2.32. The van der Waals surface area contributed by atoms with Crippen LogP contribution in [0.15, 0.2) is 52.4 Å². The van der Waals surface area contributed by atoms with Crippen molar-refractivity contribution < 1.29 is 18.0 Å². The van der Waals surface area contributed by atoms with Crippen LogP contribution in [-0.2, 0) is 10.5 Å². The van der Waals surface area contributed by atoms with Crippen molar-refractivity contribution in [3.8, 4) is 0 Å². The number of halogens is 3. The van der Waals surface area contributed by atoms with Gasteiger partial charge in [-0.2, -0.15) is 0 Å². The van der Waals surface area contributed by atoms with Gasteiger partial charge in [-0.1, -0.05) is 23.9 Å². The third-order valence-electron chi connectivity index (χ3n) is 4.55. The highest BCUT2D eigenvalue weighted by atomic mass is 32.2. The third-order valence-corrected chi connectivity index (χ3v) is 5.50. The molecule has 1 aliphatic heterocycles. The highest BCUT2D eigenvalue weighted by Crippen LogP contribution is 2.36. The number of thioether (sulfide) groups is 1. The average molecular weight is 417 g/mol. The maximum atomic E-state index is 14.3. The van der Waals surface area contributed by atoms with Crippen molar-refractivity contribution in [2.24, 2.45) is 0 Å². The number of carbonyl (C=O) groups is 1. The van der Waals surface area contributed by atoms with Crippen LogP contribution in [0.1, 0.15) is 29.0 Å². The molecule has 4 rings (SSSR count). The van der Waals surface area contributed by atoms with E-state index in [0.29, 0.717) is 5.75 Å². The number of nitrogens with zero attached hydrogens (tertiary/aromatic N) is 1. The van der Waals surface area contributed by atoms with Crippen LogP contribution < -0.4 is 10.9 Å². The Kier molecular flexibility index (Phi) is 5.14. The lowest BCUT2D eigenvalue weighted by molar-refractivity contribution is -0.116. The van der Waals surface area contributed by atoms with Gasteiger partial charge in [-0.15, -0.1) is 0 Å². The maximum Gasteiger partial charge on any atom is 0.257 e. The van der Waals surface area contributed by atoms with Crippen molar-refractivity contribution in [2.75, 3.05) is 5.32 Å². The standard InChI is InChI=1S/C20H14F3N3O2S/c21-11-3-1-10(2-4-11)9-29-20-25-18-17(19(28)26-20)14(8-16(27)24-18)13-7-12(22)5-6-15(13)23/h1-7,14H,8-9H2,(H2,24,25,26,27,28). The van der Waals surface area contributed by atoms with E-state index in [9.17, 15) is 22.8 Å². The first kappa shape index (κ1) is 19.3. The van der Waals surface area contributed by atoms with Gasteiger partial charge in [0, 0.05) is 18.1 Å². The monoisotopic (exact) mass is 417 g/mol. The van der Waals surface area contributed by atoms with E-state index < -0.39 is 29.0 Å². The zero-order valence-electron chi connectivity index (χ0n) is 14.8. The van der Waals surface area contributed by atoms with Crippen molar-refractivity contribution in [1.82, 2.24) is 9.97 Å². The first-order valence-electron chi connectivity index (χ1n) is 8.67. The predicted molar refractivity (Wildman–Crippen MR) is 102 cm³/mol. The first-order valence-corrected chi connectivity index (χ1v) is 9.65. The Labute approximate surface area is 167 Å². The number of carbonyl (C=O) groups excluding carboxylic acids is 1. The molecule has 5 nitrogen and oxygen atoms in total. The number of hydrogen-bond donors (Lipinski definition) is 2. The van der Waals surface area contributed by atoms with E-state index in [2.05, 4.69) is 15.3 Å². The van der Waals surface area contributed by atoms with Gasteiger partial charge >= 0.3 is 0 Å². The van der Waals surface area contributed by atoms with E-state index in [-0.39, 0.29) is 34.3 Å². The molecule has 1 atom stereocenters. The summed E-state index contributed by atoms with van der Waals surface area (Å²) in [4.78, 5) is 31.7. The SMILES string of the molecule is O=C1CC(c2cc(F)ccc2F)c2c(nc(SCc3ccc(F)cc3)[nH]c2=O)N1. The number of H-pyrrole nitrogens is 1. The number of rotatable bonds is 4. The summed E-state index contributed by atoms with van der Waals surface area (Å²) in [7, 11) is 0. The van der Waals surface area contributed by atoms with Crippen LogP contribution in [0.4, 0.5) is 19.0 Å². The van der Waals surface area contributed by atoms with Crippen molar-refractivity contribution in [3.05, 3.63) is 87.0 Å². The van der Waals surface area contributed by atoms with Gasteiger partial charge in [0.1, 0.15) is 23.3 Å². The normalized spacial score (nSPS) is 15.7. The molecule has 29 heavy (non-hydrogen) atoms. The van der Waals surface area contributed by atoms with Crippen LogP contribution in [0.5, 0.6) is 0 Å². The van der Waals surface area contributed by atoms with Crippen LogP contribution in [0, 0.1) is 17.5 Å². The number of benzene rings is 2. The van der Waals surface area contributed by atoms with Gasteiger partial charge in [-0.25, -0.2) is 18.2 Å². The Morgan fingerprint density at radius 3 is 2.52 bits per heavy atom. The highest BCUT2D eigenvalue weighted by molar-refractivity contribution is 7.98. The molecule has 9 heteroatoms. The number of fused-ring (bicyclic) bond motifs is 1. The molecule has 2 N–H and O–H groups in total. The van der Waals surface area contributed by atoms with Gasteiger partial charge in [0.2, 0.25) is 5.91 Å². The summed E-state index contributed by atoms with van der Waals surface area (Å²) in [5, 5.41) is 2.78. The molecule has 0 radical (unpaired) electrons. The Morgan fingerprint density at radius 1 is 1.03 bits per heavy atom. The van der Waals surface area contributed by atoms with Gasteiger partial charge in [-0.3, -0.25) is 9.59 Å². The molecule has 1 aromatic heterocycles. The van der Waals surface area contributed by atoms with E-state index in [0.717, 1.165) is 23.8 Å². The molecule has 1 amide bonds. The Bertz CT molecular complexity index is 1150. The fourth-order valence-electron chi connectivity index (χ4n) is 3.20. The van der Waals surface area contributed by atoms with Crippen molar-refractivity contribution in [3.63, 3.8) is 0 Å². The molecule has 2 heterocycles. The van der Waals surface area contributed by atoms with Gasteiger partial charge in [0.25, 0.3) is 5.56 Å². The van der Waals surface area contributed by atoms with E-state index in [1.807, 2.05) is 0 Å². The minimum Gasteiger partial charge on any atom is -0.310 e. The van der Waals surface area contributed by atoms with Crippen LogP contribution in [0.3, 0.4) is 0 Å². The maximum absolute atomic E-state index is 14.3. The molecule has 0 fully saturated rings. The summed E-state index contributed by atoms with van der Waals surface area (Å²) in [5.41, 5.74) is 0.297. The Morgan fingerprint density at radius 2 is 1.76 bits per heavy atom. The number of hydrogen-bond acceptors (Lipinski definition) is 4. The molecular formula is C20H14F3N3O2S. The fraction of sp³-hybridized carbons (Fsp3) is 0.150. The van der Waals surface area contributed by atoms with E-state index >= 15 is 0 Å². The van der Waals surface area contributed by atoms with Crippen LogP contribution in [0.25, 0.3) is 0 Å². The summed E-state index contributed by atoms with van der Waals surface area (Å²) < 4.78 is 40.9. The number of nitrogens with one attached hydrogen (secondary N) is 2. The molecule has 0 saturated heterocycles. The summed E-state index contributed by atoms with van der Waals surface area (Å²) in [5.74, 6) is -2.66. The van der Waals surface area contributed by atoms with Gasteiger partial charge < -0.3 is 10.3 Å². The molecule has 0 saturated carbocycles. The van der Waals surface area contributed by atoms with Crippen molar-refractivity contribution in [2.45, 2.75) is 23.2 Å². The second-order valence-corrected chi connectivity index (χ2v) is 7.48. The summed E-state index contributed by atoms with van der Waals surface area (Å²) in [6.45, 7) is 0. The second kappa shape index (κ2) is 7.75. The minimum absolute atomic E-state index is 0.0280. The first-order chi connectivity index (χ1) is 13.9. The number of aromatic amines is 1. The lowest BCUT2D eigenvalue weighted by Crippen LogP contribution is -2.31. The van der Waals surface area contributed by atoms with Crippen molar-refractivity contribution in [1.29, 1.82) is 0 Å². The molecule has 0 bridgehead atoms. The van der Waals surface area contributed by atoms with E-state index in [1.54, 1.807) is 12.1 Å². The van der Waals surface area contributed by atoms with Gasteiger partial charge in [0.15, 0.2) is 5.16 Å². The van der Waals surface area contributed by atoms with Crippen LogP contribution >= 0.6 is 11.8 Å². The quantitative estimate of drug-likeness (QED) is 0.498. The lowest BCUT2D eigenvalue weighted by Gasteiger charge is -2.24. The summed E-state index contributed by atoms with van der Waals surface area (Å²) in [6, 6.07) is 8.81. The Hall–Kier alpha value is -3.07. The smallest absolute Gasteiger partial charge is 0.257 e. The molecule has 1 unspecified atom stereocenters. The molecule has 3 aromatic rings. The van der Waals surface area contributed by atoms with Crippen LogP contribution in [-0.4, -0.2) is 15.9 Å². The minimum atomic E-state index is -0.943. The zero-order valence-corrected chi connectivity index (χ0v) is 15.7. The summed E-state index contributed by atoms with van der Waals surface area (Å²) in [6.07, 6.45) is -0.194. The number of aromatic nitrogens is 2. The Balaban J connectivity index is 1.67. The van der Waals surface area contributed by atoms with Crippen LogP contribution in [0.2, 0.25) is 0 Å². The topological polar surface area (TPSA) is 74.8 Å². The zero-order chi connectivity index (χ0) is 20.5. The summed E-state index contributed by atoms with van der Waals surface area (Å²) >= 11 is 1.20. The average Bonchev–Trinajstić information content (AvgIpc) is 2.68. The second-order valence-electron chi connectivity index (χ2n) is 6.52. The molecule has 0 spiro atoms.